The lowest BCUT2D eigenvalue weighted by molar-refractivity contribution is -0.191. The van der Waals surface area contributed by atoms with Gasteiger partial charge in [-0.15, -0.1) is 0 Å². The Kier molecular flexibility index (Phi) is 5.87. The first kappa shape index (κ1) is 20.1. The van der Waals surface area contributed by atoms with Crippen molar-refractivity contribution in [2.75, 3.05) is 6.61 Å². The zero-order valence-electron chi connectivity index (χ0n) is 14.2. The molecule has 0 aliphatic carbocycles. The molecule has 0 aromatic rings. The van der Waals surface area contributed by atoms with E-state index in [0.717, 1.165) is 0 Å². The van der Waals surface area contributed by atoms with Crippen molar-refractivity contribution in [3.63, 3.8) is 0 Å². The second kappa shape index (κ2) is 7.58. The Morgan fingerprint density at radius 1 is 0.808 bits per heavy atom. The van der Waals surface area contributed by atoms with Gasteiger partial charge in [-0.2, -0.15) is 0 Å². The summed E-state index contributed by atoms with van der Waals surface area (Å²) in [5.41, 5.74) is -0.832. The van der Waals surface area contributed by atoms with Crippen LogP contribution in [0, 0.1) is 17.8 Å². The van der Waals surface area contributed by atoms with Crippen molar-refractivity contribution < 1.29 is 49.1 Å². The summed E-state index contributed by atoms with van der Waals surface area (Å²) in [6, 6.07) is 0. The molecule has 0 spiro atoms. The fourth-order valence-corrected chi connectivity index (χ4v) is 3.90. The minimum absolute atomic E-state index is 0.275. The molecule has 0 aromatic carbocycles. The highest BCUT2D eigenvalue weighted by molar-refractivity contribution is 5.71. The van der Waals surface area contributed by atoms with Crippen molar-refractivity contribution in [1.82, 2.24) is 0 Å². The van der Waals surface area contributed by atoms with Crippen LogP contribution in [0.2, 0.25) is 0 Å². The topological polar surface area (TPSA) is 171 Å². The molecule has 4 N–H and O–H groups in total. The summed E-state index contributed by atoms with van der Waals surface area (Å²) in [6.45, 7) is 1.96. The molecular weight excluding hydrogens is 352 g/mol. The van der Waals surface area contributed by atoms with E-state index in [1.165, 1.54) is 0 Å². The van der Waals surface area contributed by atoms with E-state index in [4.69, 9.17) is 14.6 Å². The number of carboxylic acid groups (broad SMARTS) is 4. The van der Waals surface area contributed by atoms with Gasteiger partial charge in [0.15, 0.2) is 0 Å². The molecular formula is C16H22O10. The van der Waals surface area contributed by atoms with Crippen molar-refractivity contribution in [3.05, 3.63) is 0 Å². The first-order chi connectivity index (χ1) is 12.0. The van der Waals surface area contributed by atoms with E-state index in [-0.39, 0.29) is 6.61 Å². The average molecular weight is 374 g/mol. The minimum Gasteiger partial charge on any atom is -0.481 e. The molecule has 0 aromatic heterocycles. The maximum absolute atomic E-state index is 11.3. The molecule has 2 aliphatic heterocycles. The van der Waals surface area contributed by atoms with Crippen LogP contribution in [0.1, 0.15) is 32.6 Å². The molecule has 0 bridgehead atoms. The number of rotatable bonds is 9. The van der Waals surface area contributed by atoms with Gasteiger partial charge in [0.25, 0.3) is 0 Å². The molecule has 0 saturated carbocycles. The van der Waals surface area contributed by atoms with E-state index in [1.807, 2.05) is 0 Å². The number of hydrogen-bond acceptors (Lipinski definition) is 6. The van der Waals surface area contributed by atoms with Gasteiger partial charge < -0.3 is 29.9 Å². The number of carbonyl (C=O) groups is 4. The van der Waals surface area contributed by atoms with Crippen molar-refractivity contribution in [1.29, 1.82) is 0 Å². The Bertz CT molecular complexity index is 596. The number of ether oxygens (including phenoxy) is 2. The van der Waals surface area contributed by atoms with E-state index in [2.05, 4.69) is 0 Å². The summed E-state index contributed by atoms with van der Waals surface area (Å²) in [4.78, 5) is 45.1. The highest BCUT2D eigenvalue weighted by Gasteiger charge is 2.58. The highest BCUT2D eigenvalue weighted by atomic mass is 16.6. The average Bonchev–Trinajstić information content (AvgIpc) is 3.21. The molecule has 2 saturated heterocycles. The summed E-state index contributed by atoms with van der Waals surface area (Å²) < 4.78 is 11.2. The fraction of sp³-hybridized carbons (Fsp3) is 0.750. The van der Waals surface area contributed by atoms with Crippen LogP contribution >= 0.6 is 0 Å². The van der Waals surface area contributed by atoms with E-state index in [1.54, 1.807) is 6.92 Å². The molecule has 0 amide bonds. The number of aliphatic carboxylic acids is 4. The maximum Gasteiger partial charge on any atom is 0.305 e. The third-order valence-electron chi connectivity index (χ3n) is 5.10. The standard InChI is InChI=1S/C16H22O10/c1-16(6-25-16)15-9(4-13(21)22)7(2-11(17)18)8(3-12(19)20)10(26-15)5-14(23)24/h7-10,15H,2-6H2,1H3,(H,17,18)(H,19,20)(H,21,22)(H,23,24)/t7-,8+,9+,10?,15-,16+/m1/s1. The van der Waals surface area contributed by atoms with E-state index >= 15 is 0 Å². The highest BCUT2D eigenvalue weighted by Crippen LogP contribution is 2.49. The van der Waals surface area contributed by atoms with Gasteiger partial charge in [0.2, 0.25) is 0 Å². The SMILES string of the molecule is C[C@@]1([C@@H]2OC(CC(=O)O)[C@@H](CC(=O)O)[C@@H](CC(=O)O)[C@@H]2CC(=O)O)CO1. The quantitative estimate of drug-likeness (QED) is 0.411. The van der Waals surface area contributed by atoms with Crippen LogP contribution in [0.15, 0.2) is 0 Å². The third kappa shape index (κ3) is 4.70. The maximum atomic E-state index is 11.3. The zero-order chi connectivity index (χ0) is 19.6. The Balaban J connectivity index is 2.43. The number of hydrogen-bond donors (Lipinski definition) is 4. The predicted octanol–water partition coefficient (Wildman–Crippen LogP) is 0.290. The molecule has 146 valence electrons. The van der Waals surface area contributed by atoms with Gasteiger partial charge in [-0.3, -0.25) is 19.2 Å². The second-order valence-electron chi connectivity index (χ2n) is 7.08. The lowest BCUT2D eigenvalue weighted by Crippen LogP contribution is -2.54. The van der Waals surface area contributed by atoms with Crippen molar-refractivity contribution in [2.45, 2.75) is 50.4 Å². The van der Waals surface area contributed by atoms with Crippen molar-refractivity contribution >= 4 is 23.9 Å². The molecule has 10 heteroatoms. The molecule has 2 rings (SSSR count). The molecule has 0 radical (unpaired) electrons. The molecule has 1 unspecified atom stereocenters. The molecule has 2 aliphatic rings. The van der Waals surface area contributed by atoms with Crippen LogP contribution in [0.25, 0.3) is 0 Å². The van der Waals surface area contributed by atoms with Crippen LogP contribution in [0.3, 0.4) is 0 Å². The lowest BCUT2D eigenvalue weighted by atomic mass is 9.67. The van der Waals surface area contributed by atoms with Crippen LogP contribution in [-0.2, 0) is 28.7 Å². The zero-order valence-corrected chi connectivity index (χ0v) is 14.2. The Morgan fingerprint density at radius 3 is 1.65 bits per heavy atom. The van der Waals surface area contributed by atoms with Crippen molar-refractivity contribution in [3.8, 4) is 0 Å². The van der Waals surface area contributed by atoms with Crippen LogP contribution in [0.4, 0.5) is 0 Å². The van der Waals surface area contributed by atoms with Crippen LogP contribution < -0.4 is 0 Å². The summed E-state index contributed by atoms with van der Waals surface area (Å²) in [6.07, 6.45) is -3.75. The Morgan fingerprint density at radius 2 is 1.23 bits per heavy atom. The Hall–Kier alpha value is -2.20. The molecule has 6 atom stereocenters. The van der Waals surface area contributed by atoms with Gasteiger partial charge in [0, 0.05) is 12.3 Å². The predicted molar refractivity (Wildman–Crippen MR) is 82.5 cm³/mol. The Labute approximate surface area is 148 Å². The lowest BCUT2D eigenvalue weighted by Gasteiger charge is -2.47. The van der Waals surface area contributed by atoms with Crippen LogP contribution in [-0.4, -0.2) is 68.7 Å². The van der Waals surface area contributed by atoms with E-state index < -0.39 is 85.1 Å². The van der Waals surface area contributed by atoms with Gasteiger partial charge >= 0.3 is 23.9 Å². The van der Waals surface area contributed by atoms with Gasteiger partial charge in [-0.25, -0.2) is 0 Å². The smallest absolute Gasteiger partial charge is 0.305 e. The number of carboxylic acids is 4. The molecule has 2 fully saturated rings. The van der Waals surface area contributed by atoms with Crippen LogP contribution in [0.5, 0.6) is 0 Å². The first-order valence-corrected chi connectivity index (χ1v) is 8.20. The van der Waals surface area contributed by atoms with Crippen molar-refractivity contribution in [2.24, 2.45) is 17.8 Å². The summed E-state index contributed by atoms with van der Waals surface area (Å²) in [5.74, 6) is -7.41. The van der Waals surface area contributed by atoms with E-state index in [9.17, 15) is 34.5 Å². The first-order valence-electron chi connectivity index (χ1n) is 8.20. The summed E-state index contributed by atoms with van der Waals surface area (Å²) in [7, 11) is 0. The van der Waals surface area contributed by atoms with Gasteiger partial charge in [0.05, 0.1) is 38.1 Å². The normalized spacial score (nSPS) is 36.3. The molecule has 26 heavy (non-hydrogen) atoms. The largest absolute Gasteiger partial charge is 0.481 e. The van der Waals surface area contributed by atoms with Gasteiger partial charge in [-0.1, -0.05) is 0 Å². The monoisotopic (exact) mass is 374 g/mol. The third-order valence-corrected chi connectivity index (χ3v) is 5.10. The summed E-state index contributed by atoms with van der Waals surface area (Å²) in [5, 5.41) is 36.8. The van der Waals surface area contributed by atoms with E-state index in [0.29, 0.717) is 0 Å². The number of epoxide rings is 1. The summed E-state index contributed by atoms with van der Waals surface area (Å²) >= 11 is 0. The van der Waals surface area contributed by atoms with Gasteiger partial charge in [-0.05, 0) is 18.8 Å². The molecule has 2 heterocycles. The minimum atomic E-state index is -1.23. The van der Waals surface area contributed by atoms with Gasteiger partial charge in [0.1, 0.15) is 5.60 Å². The molecule has 10 nitrogen and oxygen atoms in total. The fourth-order valence-electron chi connectivity index (χ4n) is 3.90. The second-order valence-corrected chi connectivity index (χ2v) is 7.08.